The first-order chi connectivity index (χ1) is 31.5. The number of aldehydes is 1. The number of aliphatic hydroxyl groups excluding tert-OH is 1. The van der Waals surface area contributed by atoms with Gasteiger partial charge in [0.25, 0.3) is 0 Å². The molecule has 0 spiro atoms. The van der Waals surface area contributed by atoms with Gasteiger partial charge in [0, 0.05) is 67.3 Å². The second-order valence-electron chi connectivity index (χ2n) is 17.5. The van der Waals surface area contributed by atoms with Crippen LogP contribution in [0.25, 0.3) is 53.4 Å². The molecule has 0 fully saturated rings. The minimum Gasteiger partial charge on any atom is -0.387 e. The number of carbonyl (C=O) groups excluding carboxylic acids is 1. The molecule has 0 radical (unpaired) electrons. The predicted octanol–water partition coefficient (Wildman–Crippen LogP) is 15.0. The largest absolute Gasteiger partial charge is 0.387 e. The van der Waals surface area contributed by atoms with Gasteiger partial charge in [0.2, 0.25) is 0 Å². The van der Waals surface area contributed by atoms with E-state index < -0.39 is 11.5 Å². The molecule has 4 aromatic heterocycles. The Morgan fingerprint density at radius 2 is 1.18 bits per heavy atom. The topological polar surface area (TPSA) is 72.9 Å². The van der Waals surface area contributed by atoms with E-state index in [-0.39, 0.29) is 45.5 Å². The molecule has 2 aliphatic carbocycles. The molecule has 12 rings (SSSR count). The van der Waals surface area contributed by atoms with E-state index in [1.807, 2.05) is 34.6 Å². The molecule has 12 heteroatoms. The van der Waals surface area contributed by atoms with E-state index >= 15 is 0 Å². The van der Waals surface area contributed by atoms with Gasteiger partial charge in [-0.05, 0) is 185 Å². The van der Waals surface area contributed by atoms with Crippen LogP contribution in [0.2, 0.25) is 0 Å². The number of halogens is 3. The van der Waals surface area contributed by atoms with Gasteiger partial charge < -0.3 is 9.90 Å². The molecule has 0 aliphatic heterocycles. The summed E-state index contributed by atoms with van der Waals surface area (Å²) in [4.78, 5) is 11.6. The van der Waals surface area contributed by atoms with Crippen molar-refractivity contribution >= 4 is 86.9 Å². The Morgan fingerprint density at radius 1 is 0.687 bits per heavy atom. The number of hydrogen-bond acceptors (Lipinski definition) is 6. The SMILES string of the molecule is Brc1csc2ccccc12.C.C[C@]1(C=O)CCCc2cc3c(cnn3-c3ccc(F)cc3)cc21.C[C@]1([C@@H](O)c2csc3ccccc23)CCCc2cc3c(cnn3-c3ccc(F)cc3)cc21.[W]. The normalized spacial score (nSPS) is 17.8. The molecule has 3 atom stereocenters. The smallest absolute Gasteiger partial charge is 0.130 e. The molecule has 1 N–H and O–H groups in total. The number of fused-ring (bicyclic) bond motifs is 6. The van der Waals surface area contributed by atoms with Crippen LogP contribution >= 0.6 is 38.6 Å². The Labute approximate surface area is 419 Å². The number of benzene rings is 6. The molecule has 4 heterocycles. The van der Waals surface area contributed by atoms with Crippen molar-refractivity contribution in [1.29, 1.82) is 0 Å². The Morgan fingerprint density at radius 3 is 1.75 bits per heavy atom. The van der Waals surface area contributed by atoms with Gasteiger partial charge in [-0.3, -0.25) is 0 Å². The summed E-state index contributed by atoms with van der Waals surface area (Å²) < 4.78 is 34.0. The van der Waals surface area contributed by atoms with E-state index in [9.17, 15) is 18.7 Å². The van der Waals surface area contributed by atoms with Crippen LogP contribution in [0.15, 0.2) is 149 Å². The summed E-state index contributed by atoms with van der Waals surface area (Å²) in [5.41, 5.74) is 8.70. The maximum Gasteiger partial charge on any atom is 0.130 e. The zero-order chi connectivity index (χ0) is 44.9. The number of aryl methyl sites for hydroxylation is 2. The number of aliphatic hydroxyl groups is 1. The molecular weight excluding hydrogens is 1110 g/mol. The third-order valence-electron chi connectivity index (χ3n) is 13.3. The van der Waals surface area contributed by atoms with Gasteiger partial charge in [0.05, 0.1) is 40.9 Å². The molecule has 0 saturated heterocycles. The van der Waals surface area contributed by atoms with Crippen LogP contribution in [0, 0.1) is 11.6 Å². The summed E-state index contributed by atoms with van der Waals surface area (Å²) in [7, 11) is 0. The van der Waals surface area contributed by atoms with Crippen LogP contribution in [-0.4, -0.2) is 31.0 Å². The average molecular weight is 1160 g/mol. The average Bonchev–Trinajstić information content (AvgIpc) is 4.14. The standard InChI is InChI=1S/C27H23FN2OS.C19H17FN2O.C8H5BrS.CH4.W/c1-27(26(31)22-16-32-25-7-3-2-6-21(22)25)12-4-5-17-14-24-18(13-23(17)27)15-29-30(24)20-10-8-19(28)9-11-20;1-19(12-23)8-2-3-13-10-18-14(9-17(13)19)11-21-22(18)16-6-4-15(20)5-7-16;9-7-5-10-8-4-2-1-3-6(7)8;;/h2-3,6-11,13-16,26,31H,4-5,12H2,1H3;4-7,9-12H,2-3,8H2,1H3;1-5H;1H4;/t26-,27-;19-;;;/m01.../s1. The summed E-state index contributed by atoms with van der Waals surface area (Å²) in [6.07, 6.45) is 9.97. The fourth-order valence-electron chi connectivity index (χ4n) is 9.75. The molecule has 6 aromatic carbocycles. The third kappa shape index (κ3) is 9.14. The molecule has 0 bridgehead atoms. The number of carbonyl (C=O) groups is 1. The van der Waals surface area contributed by atoms with Crippen molar-refractivity contribution in [2.75, 3.05) is 0 Å². The molecule has 6 nitrogen and oxygen atoms in total. The summed E-state index contributed by atoms with van der Waals surface area (Å²) in [6.45, 7) is 4.20. The summed E-state index contributed by atoms with van der Waals surface area (Å²) in [5, 5.41) is 29.4. The van der Waals surface area contributed by atoms with Crippen molar-refractivity contribution in [3.8, 4) is 11.4 Å². The Hall–Kier alpha value is -5.16. The van der Waals surface area contributed by atoms with Crippen LogP contribution in [0.1, 0.15) is 80.9 Å². The van der Waals surface area contributed by atoms with Crippen LogP contribution in [0.3, 0.4) is 0 Å². The number of hydrogen-bond donors (Lipinski definition) is 1. The third-order valence-corrected chi connectivity index (χ3v) is 16.3. The minimum atomic E-state index is -0.581. The zero-order valence-corrected chi connectivity index (χ0v) is 42.4. The second kappa shape index (κ2) is 19.8. The van der Waals surface area contributed by atoms with E-state index in [0.29, 0.717) is 0 Å². The maximum atomic E-state index is 13.4. The van der Waals surface area contributed by atoms with Gasteiger partial charge >= 0.3 is 0 Å². The Kier molecular flexibility index (Phi) is 14.3. The molecular formula is C55H49BrF2N4O2S2W. The predicted molar refractivity (Wildman–Crippen MR) is 272 cm³/mol. The van der Waals surface area contributed by atoms with Crippen molar-refractivity contribution in [1.82, 2.24) is 19.6 Å². The van der Waals surface area contributed by atoms with E-state index in [2.05, 4.69) is 104 Å². The molecule has 340 valence electrons. The molecule has 0 saturated carbocycles. The molecule has 0 amide bonds. The quantitative estimate of drug-likeness (QED) is 0.174. The molecule has 0 unspecified atom stereocenters. The Balaban J connectivity index is 0.000000151. The van der Waals surface area contributed by atoms with Crippen LogP contribution < -0.4 is 0 Å². The Bertz CT molecular complexity index is 3360. The fourth-order valence-corrected chi connectivity index (χ4v) is 12.3. The van der Waals surface area contributed by atoms with Gasteiger partial charge in [-0.2, -0.15) is 10.2 Å². The zero-order valence-electron chi connectivity index (χ0n) is 36.3. The van der Waals surface area contributed by atoms with Crippen molar-refractivity contribution in [2.45, 2.75) is 76.7 Å². The first-order valence-corrected chi connectivity index (χ1v) is 24.3. The van der Waals surface area contributed by atoms with E-state index in [0.717, 1.165) is 94.5 Å². The van der Waals surface area contributed by atoms with E-state index in [4.69, 9.17) is 0 Å². The maximum absolute atomic E-state index is 13.4. The molecule has 67 heavy (non-hydrogen) atoms. The number of thiophene rings is 2. The van der Waals surface area contributed by atoms with Crippen LogP contribution in [0.4, 0.5) is 8.78 Å². The first kappa shape index (κ1) is 48.3. The van der Waals surface area contributed by atoms with Gasteiger partial charge in [-0.1, -0.05) is 50.7 Å². The minimum absolute atomic E-state index is 0. The van der Waals surface area contributed by atoms with Crippen LogP contribution in [0.5, 0.6) is 0 Å². The fraction of sp³-hybridized carbons (Fsp3) is 0.218. The molecule has 10 aromatic rings. The van der Waals surface area contributed by atoms with Crippen molar-refractivity contribution in [3.05, 3.63) is 188 Å². The summed E-state index contributed by atoms with van der Waals surface area (Å²) in [5.74, 6) is -0.516. The van der Waals surface area contributed by atoms with E-state index in [1.165, 1.54) is 60.2 Å². The van der Waals surface area contributed by atoms with Crippen molar-refractivity contribution in [3.63, 3.8) is 0 Å². The van der Waals surface area contributed by atoms with Crippen molar-refractivity contribution in [2.24, 2.45) is 0 Å². The van der Waals surface area contributed by atoms with E-state index in [1.54, 1.807) is 53.1 Å². The summed E-state index contributed by atoms with van der Waals surface area (Å²) >= 11 is 6.94. The molecule has 2 aliphatic rings. The van der Waals surface area contributed by atoms with Gasteiger partial charge in [-0.25, -0.2) is 18.1 Å². The van der Waals surface area contributed by atoms with Gasteiger partial charge in [-0.15, -0.1) is 22.7 Å². The van der Waals surface area contributed by atoms with Crippen LogP contribution in [-0.2, 0) is 49.5 Å². The van der Waals surface area contributed by atoms with Crippen molar-refractivity contribution < 1.29 is 39.7 Å². The van der Waals surface area contributed by atoms with Gasteiger partial charge in [0.15, 0.2) is 0 Å². The second-order valence-corrected chi connectivity index (χ2v) is 20.2. The number of nitrogens with zero attached hydrogens (tertiary/aromatic N) is 4. The number of rotatable bonds is 5. The monoisotopic (exact) mass is 1160 g/mol. The van der Waals surface area contributed by atoms with Gasteiger partial charge in [0.1, 0.15) is 17.9 Å². The summed E-state index contributed by atoms with van der Waals surface area (Å²) in [6, 6.07) is 38.0. The first-order valence-electron chi connectivity index (χ1n) is 21.8. The number of aromatic nitrogens is 4.